The van der Waals surface area contributed by atoms with E-state index in [-0.39, 0.29) is 23.7 Å². The predicted molar refractivity (Wildman–Crippen MR) is 114 cm³/mol. The number of nitrogens with one attached hydrogen (secondary N) is 1. The van der Waals surface area contributed by atoms with E-state index in [9.17, 15) is 13.2 Å². The molecule has 7 heteroatoms. The summed E-state index contributed by atoms with van der Waals surface area (Å²) in [4.78, 5) is 13.3. The van der Waals surface area contributed by atoms with E-state index in [2.05, 4.69) is 17.7 Å². The lowest BCUT2D eigenvalue weighted by Gasteiger charge is -2.37. The number of rotatable bonds is 7. The van der Waals surface area contributed by atoms with Gasteiger partial charge in [-0.2, -0.15) is 0 Å². The summed E-state index contributed by atoms with van der Waals surface area (Å²) in [5, 5.41) is 0. The van der Waals surface area contributed by atoms with Gasteiger partial charge in [0.25, 0.3) is 5.56 Å². The maximum absolute atomic E-state index is 13.3. The van der Waals surface area contributed by atoms with Crippen LogP contribution in [0, 0.1) is 5.92 Å². The second-order valence-corrected chi connectivity index (χ2v) is 11.0. The average molecular weight is 423 g/mol. The largest absolute Gasteiger partial charge is 0.376 e. The normalized spacial score (nSPS) is 30.1. The smallest absolute Gasteiger partial charge is 0.254 e. The average Bonchev–Trinajstić information content (AvgIpc) is 3.52. The van der Waals surface area contributed by atoms with Gasteiger partial charge in [0, 0.05) is 17.3 Å². The number of pyridine rings is 1. The maximum Gasteiger partial charge on any atom is 0.254 e. The Morgan fingerprint density at radius 2 is 1.83 bits per heavy atom. The molecule has 0 radical (unpaired) electrons. The fourth-order valence-electron chi connectivity index (χ4n) is 5.10. The van der Waals surface area contributed by atoms with E-state index in [1.165, 1.54) is 25.5 Å². The molecular weight excluding hydrogens is 388 g/mol. The van der Waals surface area contributed by atoms with Gasteiger partial charge in [0.15, 0.2) is 0 Å². The van der Waals surface area contributed by atoms with Gasteiger partial charge in [-0.1, -0.05) is 19.4 Å². The third-order valence-electron chi connectivity index (χ3n) is 6.99. The molecule has 162 valence electrons. The number of ether oxygens (including phenoxy) is 1. The Bertz CT molecular complexity index is 883. The fourth-order valence-corrected chi connectivity index (χ4v) is 5.92. The van der Waals surface area contributed by atoms with Crippen molar-refractivity contribution in [1.82, 2.24) is 9.29 Å². The molecule has 2 saturated carbocycles. The number of nitrogens with zero attached hydrogens (tertiary/aromatic N) is 1. The maximum atomic E-state index is 13.3. The van der Waals surface area contributed by atoms with Crippen molar-refractivity contribution < 1.29 is 13.2 Å². The van der Waals surface area contributed by atoms with Crippen LogP contribution < -0.4 is 10.3 Å². The van der Waals surface area contributed by atoms with Crippen molar-refractivity contribution in [2.75, 3.05) is 12.9 Å². The van der Waals surface area contributed by atoms with E-state index in [1.54, 1.807) is 0 Å². The van der Waals surface area contributed by atoms with Gasteiger partial charge < -0.3 is 9.30 Å². The number of sulfonamides is 1. The first-order chi connectivity index (χ1) is 13.9. The minimum atomic E-state index is -3.36. The third kappa shape index (κ3) is 4.94. The highest BCUT2D eigenvalue weighted by Crippen LogP contribution is 2.39. The Labute approximate surface area is 174 Å². The van der Waals surface area contributed by atoms with E-state index in [1.807, 2.05) is 10.6 Å². The number of hydrogen-bond donors (Lipinski definition) is 1. The van der Waals surface area contributed by atoms with Crippen LogP contribution in [0.15, 0.2) is 16.9 Å². The molecule has 2 heterocycles. The van der Waals surface area contributed by atoms with Crippen molar-refractivity contribution in [3.63, 3.8) is 0 Å². The Balaban J connectivity index is 1.57. The molecule has 0 spiro atoms. The Kier molecular flexibility index (Phi) is 6.19. The van der Waals surface area contributed by atoms with Crippen molar-refractivity contribution in [2.45, 2.75) is 88.8 Å². The Hall–Kier alpha value is -1.18. The van der Waals surface area contributed by atoms with Gasteiger partial charge in [-0.05, 0) is 69.3 Å². The number of aromatic nitrogens is 1. The highest BCUT2D eigenvalue weighted by Gasteiger charge is 2.35. The molecule has 2 atom stereocenters. The number of aryl methyl sites for hydroxylation is 1. The molecule has 0 bridgehead atoms. The van der Waals surface area contributed by atoms with Crippen LogP contribution in [0.25, 0.3) is 0 Å². The second-order valence-electron chi connectivity index (χ2n) is 9.22. The van der Waals surface area contributed by atoms with E-state index >= 15 is 0 Å². The second kappa shape index (κ2) is 8.52. The number of fused-ring (bicyclic) bond motifs is 1. The SMILES string of the molecule is CCC1CCC(OCC2C(NS(C)(=O)=O)CCc3ccc(C4CC4)c(=O)n32)CC1. The first kappa shape index (κ1) is 21.1. The summed E-state index contributed by atoms with van der Waals surface area (Å²) in [6.45, 7) is 2.63. The summed E-state index contributed by atoms with van der Waals surface area (Å²) < 4.78 is 34.8. The summed E-state index contributed by atoms with van der Waals surface area (Å²) in [5.74, 6) is 1.17. The van der Waals surface area contributed by atoms with Crippen LogP contribution in [0.5, 0.6) is 0 Å². The molecule has 2 fully saturated rings. The zero-order valence-corrected chi connectivity index (χ0v) is 18.4. The Morgan fingerprint density at radius 3 is 2.45 bits per heavy atom. The van der Waals surface area contributed by atoms with Crippen molar-refractivity contribution in [3.05, 3.63) is 33.7 Å². The molecule has 0 saturated heterocycles. The standard InChI is InChI=1S/C22H34N2O4S/c1-3-15-4-10-18(11-5-15)28-14-21-20(23-29(2,26)27)13-9-17-8-12-19(16-6-7-16)22(25)24(17)21/h8,12,15-16,18,20-21,23H,3-7,9-11,13-14H2,1-2H3. The van der Waals surface area contributed by atoms with Gasteiger partial charge in [0.1, 0.15) is 0 Å². The highest BCUT2D eigenvalue weighted by molar-refractivity contribution is 7.88. The molecule has 1 aromatic heterocycles. The highest BCUT2D eigenvalue weighted by atomic mass is 32.2. The minimum Gasteiger partial charge on any atom is -0.376 e. The third-order valence-corrected chi connectivity index (χ3v) is 7.73. The lowest BCUT2D eigenvalue weighted by Crippen LogP contribution is -2.49. The van der Waals surface area contributed by atoms with Gasteiger partial charge >= 0.3 is 0 Å². The van der Waals surface area contributed by atoms with Crippen LogP contribution >= 0.6 is 0 Å². The molecule has 1 aromatic rings. The summed E-state index contributed by atoms with van der Waals surface area (Å²) in [5.41, 5.74) is 1.92. The first-order valence-corrected chi connectivity index (χ1v) is 13.1. The summed E-state index contributed by atoms with van der Waals surface area (Å²) >= 11 is 0. The molecule has 1 aliphatic heterocycles. The van der Waals surface area contributed by atoms with Crippen LogP contribution in [-0.4, -0.2) is 38.0 Å². The van der Waals surface area contributed by atoms with Crippen molar-refractivity contribution in [3.8, 4) is 0 Å². The molecule has 0 amide bonds. The molecule has 0 aromatic carbocycles. The quantitative estimate of drug-likeness (QED) is 0.732. The summed E-state index contributed by atoms with van der Waals surface area (Å²) in [7, 11) is -3.36. The van der Waals surface area contributed by atoms with Crippen LogP contribution in [0.2, 0.25) is 0 Å². The zero-order valence-electron chi connectivity index (χ0n) is 17.6. The van der Waals surface area contributed by atoms with Gasteiger partial charge in [0.2, 0.25) is 10.0 Å². The topological polar surface area (TPSA) is 77.4 Å². The monoisotopic (exact) mass is 422 g/mol. The van der Waals surface area contributed by atoms with Gasteiger partial charge in [-0.15, -0.1) is 0 Å². The zero-order chi connectivity index (χ0) is 20.6. The fraction of sp³-hybridized carbons (Fsp3) is 0.773. The first-order valence-electron chi connectivity index (χ1n) is 11.2. The van der Waals surface area contributed by atoms with Crippen molar-refractivity contribution >= 4 is 10.0 Å². The van der Waals surface area contributed by atoms with Crippen LogP contribution in [0.3, 0.4) is 0 Å². The van der Waals surface area contributed by atoms with E-state index in [0.717, 1.165) is 42.9 Å². The van der Waals surface area contributed by atoms with Crippen molar-refractivity contribution in [2.24, 2.45) is 5.92 Å². The van der Waals surface area contributed by atoms with Gasteiger partial charge in [-0.25, -0.2) is 13.1 Å². The van der Waals surface area contributed by atoms with E-state index in [4.69, 9.17) is 4.74 Å². The molecule has 6 nitrogen and oxygen atoms in total. The predicted octanol–water partition coefficient (Wildman–Crippen LogP) is 3.12. The summed E-state index contributed by atoms with van der Waals surface area (Å²) in [6.07, 6.45) is 10.7. The molecule has 2 aliphatic carbocycles. The molecule has 1 N–H and O–H groups in total. The van der Waals surface area contributed by atoms with Crippen LogP contribution in [0.1, 0.15) is 81.5 Å². The van der Waals surface area contributed by atoms with Crippen LogP contribution in [0.4, 0.5) is 0 Å². The molecule has 29 heavy (non-hydrogen) atoms. The van der Waals surface area contributed by atoms with E-state index < -0.39 is 10.0 Å². The Morgan fingerprint density at radius 1 is 1.10 bits per heavy atom. The molecule has 2 unspecified atom stereocenters. The molecule has 3 aliphatic rings. The minimum absolute atomic E-state index is 0.0493. The lowest BCUT2D eigenvalue weighted by molar-refractivity contribution is -0.00695. The molecular formula is C22H34N2O4S. The van der Waals surface area contributed by atoms with Crippen LogP contribution in [-0.2, 0) is 21.2 Å². The van der Waals surface area contributed by atoms with Gasteiger partial charge in [0.05, 0.1) is 25.0 Å². The van der Waals surface area contributed by atoms with Crippen molar-refractivity contribution in [1.29, 1.82) is 0 Å². The number of hydrogen-bond acceptors (Lipinski definition) is 4. The van der Waals surface area contributed by atoms with Gasteiger partial charge in [-0.3, -0.25) is 4.79 Å². The molecule has 4 rings (SSSR count). The lowest BCUT2D eigenvalue weighted by atomic mass is 9.86. The van der Waals surface area contributed by atoms with E-state index in [0.29, 0.717) is 25.4 Å². The summed E-state index contributed by atoms with van der Waals surface area (Å²) in [6, 6.07) is 3.45.